The Labute approximate surface area is 142 Å². The van der Waals surface area contributed by atoms with E-state index in [-0.39, 0.29) is 0 Å². The van der Waals surface area contributed by atoms with E-state index in [9.17, 15) is 0 Å². The number of aryl methyl sites for hydroxylation is 1. The normalized spacial score (nSPS) is 10.7. The molecule has 0 heterocycles. The molecule has 2 heteroatoms. The second-order valence-corrected chi connectivity index (χ2v) is 6.27. The Bertz CT molecular complexity index is 629. The van der Waals surface area contributed by atoms with Gasteiger partial charge >= 0.3 is 0 Å². The summed E-state index contributed by atoms with van der Waals surface area (Å²) in [5.41, 5.74) is 6.56. The van der Waals surface area contributed by atoms with Crippen LogP contribution in [0.25, 0.3) is 0 Å². The summed E-state index contributed by atoms with van der Waals surface area (Å²) in [6.07, 6.45) is 3.82. The van der Waals surface area contributed by atoms with Gasteiger partial charge in [0.2, 0.25) is 0 Å². The molecule has 0 aliphatic heterocycles. The predicted octanol–water partition coefficient (Wildman–Crippen LogP) is 5.61. The Hall–Kier alpha value is -1.38. The van der Waals surface area contributed by atoms with E-state index in [0.717, 1.165) is 17.3 Å². The van der Waals surface area contributed by atoms with Crippen molar-refractivity contribution < 1.29 is 4.74 Å². The number of rotatable bonds is 7. The molecule has 0 N–H and O–H groups in total. The molecule has 0 radical (unpaired) electrons. The highest BCUT2D eigenvalue weighted by Crippen LogP contribution is 2.27. The first-order chi connectivity index (χ1) is 10.7. The Morgan fingerprint density at radius 1 is 1.05 bits per heavy atom. The van der Waals surface area contributed by atoms with E-state index in [2.05, 4.69) is 72.8 Å². The Kier molecular flexibility index (Phi) is 6.41. The lowest BCUT2D eigenvalue weighted by molar-refractivity contribution is 0.148. The van der Waals surface area contributed by atoms with Gasteiger partial charge in [-0.15, -0.1) is 6.58 Å². The lowest BCUT2D eigenvalue weighted by Crippen LogP contribution is -1.99. The molecular formula is C20H23BrO. The second-order valence-electron chi connectivity index (χ2n) is 5.47. The molecule has 22 heavy (non-hydrogen) atoms. The monoisotopic (exact) mass is 358 g/mol. The van der Waals surface area contributed by atoms with Crippen LogP contribution in [0.2, 0.25) is 0 Å². The molecule has 0 aromatic heterocycles. The van der Waals surface area contributed by atoms with Crippen molar-refractivity contribution in [2.75, 3.05) is 6.61 Å². The maximum Gasteiger partial charge on any atom is 0.0732 e. The molecule has 2 aromatic rings. The highest BCUT2D eigenvalue weighted by atomic mass is 79.9. The van der Waals surface area contributed by atoms with Gasteiger partial charge in [-0.3, -0.25) is 0 Å². The molecule has 0 saturated carbocycles. The van der Waals surface area contributed by atoms with Crippen molar-refractivity contribution in [1.29, 1.82) is 0 Å². The Balaban J connectivity index is 2.14. The van der Waals surface area contributed by atoms with E-state index in [1.165, 1.54) is 27.8 Å². The van der Waals surface area contributed by atoms with E-state index < -0.39 is 0 Å². The molecule has 0 atom stereocenters. The fraction of sp³-hybridized carbons (Fsp3) is 0.300. The number of hydrogen-bond acceptors (Lipinski definition) is 1. The van der Waals surface area contributed by atoms with Crippen molar-refractivity contribution in [1.82, 2.24) is 0 Å². The van der Waals surface area contributed by atoms with Crippen LogP contribution >= 0.6 is 15.9 Å². The zero-order valence-corrected chi connectivity index (χ0v) is 14.9. The van der Waals surface area contributed by atoms with Crippen LogP contribution < -0.4 is 0 Å². The maximum atomic E-state index is 5.54. The van der Waals surface area contributed by atoms with Crippen LogP contribution in [0.1, 0.15) is 34.7 Å². The fourth-order valence-corrected chi connectivity index (χ4v) is 2.95. The van der Waals surface area contributed by atoms with Gasteiger partial charge in [0.15, 0.2) is 0 Å². The van der Waals surface area contributed by atoms with Gasteiger partial charge in [0.1, 0.15) is 0 Å². The van der Waals surface area contributed by atoms with Gasteiger partial charge in [0, 0.05) is 4.47 Å². The summed E-state index contributed by atoms with van der Waals surface area (Å²) in [7, 11) is 0. The van der Waals surface area contributed by atoms with Crippen LogP contribution in [0.15, 0.2) is 53.5 Å². The molecular weight excluding hydrogens is 336 g/mol. The number of hydrogen-bond donors (Lipinski definition) is 0. The summed E-state index contributed by atoms with van der Waals surface area (Å²) >= 11 is 3.71. The largest absolute Gasteiger partial charge is 0.373 e. The van der Waals surface area contributed by atoms with Crippen LogP contribution in [0.4, 0.5) is 0 Å². The molecule has 0 spiro atoms. The van der Waals surface area contributed by atoms with Gasteiger partial charge in [-0.1, -0.05) is 65.3 Å². The van der Waals surface area contributed by atoms with E-state index >= 15 is 0 Å². The van der Waals surface area contributed by atoms with Gasteiger partial charge in [0.05, 0.1) is 13.2 Å². The van der Waals surface area contributed by atoms with Crippen LogP contribution in [-0.4, -0.2) is 6.61 Å². The molecule has 0 aliphatic carbocycles. The Morgan fingerprint density at radius 2 is 1.68 bits per heavy atom. The molecule has 0 aliphatic rings. The molecule has 2 rings (SSSR count). The van der Waals surface area contributed by atoms with Crippen molar-refractivity contribution >= 4 is 15.9 Å². The van der Waals surface area contributed by atoms with Gasteiger partial charge in [-0.25, -0.2) is 0 Å². The minimum atomic E-state index is 0.580. The summed E-state index contributed by atoms with van der Waals surface area (Å²) in [6, 6.07) is 13.3. The lowest BCUT2D eigenvalue weighted by atomic mass is 9.98. The zero-order valence-electron chi connectivity index (χ0n) is 13.4. The Morgan fingerprint density at radius 3 is 2.32 bits per heavy atom. The molecule has 116 valence electrons. The highest BCUT2D eigenvalue weighted by Gasteiger charge is 2.08. The predicted molar refractivity (Wildman–Crippen MR) is 97.4 cm³/mol. The lowest BCUT2D eigenvalue weighted by Gasteiger charge is -2.13. The third-order valence-corrected chi connectivity index (χ3v) is 5.00. The molecule has 2 aromatic carbocycles. The van der Waals surface area contributed by atoms with Crippen LogP contribution in [0, 0.1) is 6.92 Å². The standard InChI is InChI=1S/C20H23BrO/c1-4-12-22-14-19-11-10-18(15(3)20(19)21)13-17-8-6-16(5-2)7-9-17/h4,6-11H,1,5,12-14H2,2-3H3. The summed E-state index contributed by atoms with van der Waals surface area (Å²) in [6.45, 7) is 9.21. The third-order valence-electron chi connectivity index (χ3n) is 3.90. The van der Waals surface area contributed by atoms with E-state index in [0.29, 0.717) is 13.2 Å². The van der Waals surface area contributed by atoms with Gasteiger partial charge in [0.25, 0.3) is 0 Å². The third kappa shape index (κ3) is 4.31. The molecule has 0 fully saturated rings. The molecule has 0 bridgehead atoms. The van der Waals surface area contributed by atoms with Crippen molar-refractivity contribution in [2.24, 2.45) is 0 Å². The molecule has 0 saturated heterocycles. The SMILES string of the molecule is C=CCOCc1ccc(Cc2ccc(CC)cc2)c(C)c1Br. The maximum absolute atomic E-state index is 5.54. The van der Waals surface area contributed by atoms with Crippen molar-refractivity contribution in [3.63, 3.8) is 0 Å². The fourth-order valence-electron chi connectivity index (χ4n) is 2.45. The van der Waals surface area contributed by atoms with Crippen molar-refractivity contribution in [2.45, 2.75) is 33.3 Å². The smallest absolute Gasteiger partial charge is 0.0732 e. The van der Waals surface area contributed by atoms with E-state index in [4.69, 9.17) is 4.74 Å². The molecule has 1 nitrogen and oxygen atoms in total. The molecule has 0 unspecified atom stereocenters. The number of benzene rings is 2. The summed E-state index contributed by atoms with van der Waals surface area (Å²) in [4.78, 5) is 0. The van der Waals surface area contributed by atoms with E-state index in [1.54, 1.807) is 6.08 Å². The zero-order chi connectivity index (χ0) is 15.9. The number of ether oxygens (including phenoxy) is 1. The highest BCUT2D eigenvalue weighted by molar-refractivity contribution is 9.10. The minimum Gasteiger partial charge on any atom is -0.373 e. The number of halogens is 1. The first-order valence-corrected chi connectivity index (χ1v) is 8.48. The summed E-state index contributed by atoms with van der Waals surface area (Å²) < 4.78 is 6.69. The van der Waals surface area contributed by atoms with Gasteiger partial charge in [-0.2, -0.15) is 0 Å². The van der Waals surface area contributed by atoms with Gasteiger partial charge in [-0.05, 0) is 47.6 Å². The first kappa shape index (κ1) is 17.0. The average molecular weight is 359 g/mol. The molecule has 0 amide bonds. The topological polar surface area (TPSA) is 9.23 Å². The van der Waals surface area contributed by atoms with Crippen LogP contribution in [-0.2, 0) is 24.2 Å². The van der Waals surface area contributed by atoms with Crippen LogP contribution in [0.3, 0.4) is 0 Å². The second kappa shape index (κ2) is 8.30. The first-order valence-electron chi connectivity index (χ1n) is 7.69. The quantitative estimate of drug-likeness (QED) is 0.461. The minimum absolute atomic E-state index is 0.580. The summed E-state index contributed by atoms with van der Waals surface area (Å²) in [5, 5.41) is 0. The average Bonchev–Trinajstić information content (AvgIpc) is 2.55. The van der Waals surface area contributed by atoms with Crippen molar-refractivity contribution in [3.05, 3.63) is 81.3 Å². The van der Waals surface area contributed by atoms with E-state index in [1.807, 2.05) is 0 Å². The van der Waals surface area contributed by atoms with Crippen LogP contribution in [0.5, 0.6) is 0 Å². The summed E-state index contributed by atoms with van der Waals surface area (Å²) in [5.74, 6) is 0. The van der Waals surface area contributed by atoms with Gasteiger partial charge < -0.3 is 4.74 Å². The van der Waals surface area contributed by atoms with Crippen molar-refractivity contribution in [3.8, 4) is 0 Å².